The molecule has 0 bridgehead atoms. The summed E-state index contributed by atoms with van der Waals surface area (Å²) >= 11 is 1.79. The maximum atomic E-state index is 13.6. The number of likely N-dealkylation sites (tertiary alicyclic amines) is 1. The molecule has 8 heteroatoms. The fourth-order valence-electron chi connectivity index (χ4n) is 4.41. The van der Waals surface area contributed by atoms with Gasteiger partial charge in [0.25, 0.3) is 0 Å². The number of halogens is 1. The first-order chi connectivity index (χ1) is 14.6. The predicted octanol–water partition coefficient (Wildman–Crippen LogP) is 3.73. The van der Waals surface area contributed by atoms with Crippen LogP contribution in [-0.2, 0) is 9.59 Å². The van der Waals surface area contributed by atoms with Crippen molar-refractivity contribution in [2.24, 2.45) is 0 Å². The molecule has 1 unspecified atom stereocenters. The largest absolute Gasteiger partial charge is 0.454 e. The molecule has 30 heavy (non-hydrogen) atoms. The summed E-state index contributed by atoms with van der Waals surface area (Å²) in [7, 11) is 0. The number of amides is 2. The third-order valence-electron chi connectivity index (χ3n) is 6.04. The topological polar surface area (TPSA) is 67.9 Å². The fourth-order valence-corrected chi connectivity index (χ4v) is 5.58. The highest BCUT2D eigenvalue weighted by molar-refractivity contribution is 7.99. The van der Waals surface area contributed by atoms with Crippen LogP contribution in [0.15, 0.2) is 42.5 Å². The molecule has 5 rings (SSSR count). The molecular formula is C22H21FN2O4S. The van der Waals surface area contributed by atoms with Gasteiger partial charge in [0.1, 0.15) is 11.4 Å². The zero-order chi connectivity index (χ0) is 20.7. The number of anilines is 1. The molecule has 3 heterocycles. The van der Waals surface area contributed by atoms with Crippen LogP contribution in [0.5, 0.6) is 11.5 Å². The van der Waals surface area contributed by atoms with Crippen molar-refractivity contribution in [3.63, 3.8) is 0 Å². The van der Waals surface area contributed by atoms with E-state index >= 15 is 0 Å². The molecule has 2 aromatic rings. The standard InChI is InChI=1S/C22H21FN2O4S/c23-15-3-1-14(2-4-15)17-12-20(26)25(17)22(7-9-30-10-8-22)21(27)24-16-5-6-18-19(11-16)29-13-28-18/h1-6,11,17H,7-10,12-13H2,(H,24,27). The zero-order valence-electron chi connectivity index (χ0n) is 16.2. The van der Waals surface area contributed by atoms with Crippen molar-refractivity contribution in [1.82, 2.24) is 4.90 Å². The number of ether oxygens (including phenoxy) is 2. The summed E-state index contributed by atoms with van der Waals surface area (Å²) in [6.45, 7) is 0.162. The number of hydrogen-bond acceptors (Lipinski definition) is 5. The van der Waals surface area contributed by atoms with Gasteiger partial charge in [-0.1, -0.05) is 12.1 Å². The molecule has 1 atom stereocenters. The molecular weight excluding hydrogens is 407 g/mol. The molecule has 2 aromatic carbocycles. The van der Waals surface area contributed by atoms with Crippen LogP contribution in [0.25, 0.3) is 0 Å². The van der Waals surface area contributed by atoms with Crippen molar-refractivity contribution >= 4 is 29.3 Å². The molecule has 0 aromatic heterocycles. The number of carbonyl (C=O) groups is 2. The van der Waals surface area contributed by atoms with Gasteiger partial charge in [0.2, 0.25) is 18.6 Å². The number of fused-ring (bicyclic) bond motifs is 1. The minimum atomic E-state index is -0.921. The van der Waals surface area contributed by atoms with Crippen molar-refractivity contribution in [2.45, 2.75) is 30.8 Å². The van der Waals surface area contributed by atoms with E-state index in [0.717, 1.165) is 17.1 Å². The van der Waals surface area contributed by atoms with E-state index < -0.39 is 5.54 Å². The molecule has 2 fully saturated rings. The summed E-state index contributed by atoms with van der Waals surface area (Å²) in [5.74, 6) is 2.28. The Morgan fingerprint density at radius 1 is 1.10 bits per heavy atom. The Bertz CT molecular complexity index is 991. The van der Waals surface area contributed by atoms with E-state index in [1.54, 1.807) is 47.0 Å². The zero-order valence-corrected chi connectivity index (χ0v) is 17.0. The van der Waals surface area contributed by atoms with Crippen molar-refractivity contribution in [2.75, 3.05) is 23.6 Å². The molecule has 156 valence electrons. The summed E-state index contributed by atoms with van der Waals surface area (Å²) in [5, 5.41) is 3.00. The lowest BCUT2D eigenvalue weighted by Gasteiger charge is -2.53. The first kappa shape index (κ1) is 19.2. The molecule has 0 radical (unpaired) electrons. The Labute approximate surface area is 177 Å². The molecule has 2 saturated heterocycles. The Morgan fingerprint density at radius 2 is 1.83 bits per heavy atom. The van der Waals surface area contributed by atoms with Crippen molar-refractivity contribution in [3.05, 3.63) is 53.8 Å². The van der Waals surface area contributed by atoms with Crippen LogP contribution < -0.4 is 14.8 Å². The van der Waals surface area contributed by atoms with E-state index in [4.69, 9.17) is 9.47 Å². The van der Waals surface area contributed by atoms with Crippen LogP contribution in [-0.4, -0.2) is 40.6 Å². The average Bonchev–Trinajstić information content (AvgIpc) is 3.21. The molecule has 0 spiro atoms. The summed E-state index contributed by atoms with van der Waals surface area (Å²) in [4.78, 5) is 28.0. The van der Waals surface area contributed by atoms with Crippen LogP contribution in [0.2, 0.25) is 0 Å². The average molecular weight is 428 g/mol. The third kappa shape index (κ3) is 3.19. The Kier molecular flexibility index (Phi) is 4.81. The van der Waals surface area contributed by atoms with Gasteiger partial charge in [-0.2, -0.15) is 11.8 Å². The molecule has 3 aliphatic rings. The Morgan fingerprint density at radius 3 is 2.57 bits per heavy atom. The Balaban J connectivity index is 1.44. The van der Waals surface area contributed by atoms with Crippen LogP contribution in [0.1, 0.15) is 30.9 Å². The summed E-state index contributed by atoms with van der Waals surface area (Å²) in [6, 6.07) is 11.2. The maximum absolute atomic E-state index is 13.6. The van der Waals surface area contributed by atoms with Gasteiger partial charge in [-0.3, -0.25) is 9.59 Å². The molecule has 3 aliphatic heterocycles. The minimum Gasteiger partial charge on any atom is -0.454 e. The second-order valence-corrected chi connectivity index (χ2v) is 8.93. The van der Waals surface area contributed by atoms with E-state index in [9.17, 15) is 14.0 Å². The first-order valence-electron chi connectivity index (χ1n) is 9.93. The lowest BCUT2D eigenvalue weighted by atomic mass is 9.80. The fraction of sp³-hybridized carbons (Fsp3) is 0.364. The normalized spacial score (nSPS) is 21.8. The van der Waals surface area contributed by atoms with E-state index in [-0.39, 0.29) is 30.5 Å². The summed E-state index contributed by atoms with van der Waals surface area (Å²) in [6.07, 6.45) is 1.49. The van der Waals surface area contributed by atoms with Crippen LogP contribution >= 0.6 is 11.8 Å². The van der Waals surface area contributed by atoms with Crippen molar-refractivity contribution in [1.29, 1.82) is 0 Å². The van der Waals surface area contributed by atoms with E-state index in [0.29, 0.717) is 36.4 Å². The number of benzene rings is 2. The maximum Gasteiger partial charge on any atom is 0.250 e. The minimum absolute atomic E-state index is 0.0444. The molecule has 0 saturated carbocycles. The summed E-state index contributed by atoms with van der Waals surface area (Å²) < 4.78 is 24.1. The van der Waals surface area contributed by atoms with Gasteiger partial charge in [-0.05, 0) is 54.2 Å². The van der Waals surface area contributed by atoms with E-state index in [1.807, 2.05) is 0 Å². The van der Waals surface area contributed by atoms with Crippen LogP contribution in [0.3, 0.4) is 0 Å². The van der Waals surface area contributed by atoms with Crippen LogP contribution in [0, 0.1) is 5.82 Å². The SMILES string of the molecule is O=C1CC(c2ccc(F)cc2)N1C1(C(=O)Nc2ccc3c(c2)OCO3)CCSCC1. The molecule has 6 nitrogen and oxygen atoms in total. The number of thioether (sulfide) groups is 1. The van der Waals surface area contributed by atoms with Gasteiger partial charge in [0, 0.05) is 11.8 Å². The Hall–Kier alpha value is -2.74. The highest BCUT2D eigenvalue weighted by atomic mass is 32.2. The number of nitrogens with zero attached hydrogens (tertiary/aromatic N) is 1. The van der Waals surface area contributed by atoms with Crippen molar-refractivity contribution < 1.29 is 23.5 Å². The van der Waals surface area contributed by atoms with Gasteiger partial charge in [-0.25, -0.2) is 4.39 Å². The number of carbonyl (C=O) groups excluding carboxylic acids is 2. The smallest absolute Gasteiger partial charge is 0.250 e. The molecule has 0 aliphatic carbocycles. The van der Waals surface area contributed by atoms with E-state index in [1.165, 1.54) is 12.1 Å². The first-order valence-corrected chi connectivity index (χ1v) is 11.1. The number of β-lactam (4-membered cyclic amide) rings is 1. The van der Waals surface area contributed by atoms with Gasteiger partial charge in [-0.15, -0.1) is 0 Å². The van der Waals surface area contributed by atoms with E-state index in [2.05, 4.69) is 5.32 Å². The predicted molar refractivity (Wildman–Crippen MR) is 111 cm³/mol. The van der Waals surface area contributed by atoms with Gasteiger partial charge >= 0.3 is 0 Å². The van der Waals surface area contributed by atoms with Gasteiger partial charge in [0.15, 0.2) is 11.5 Å². The lowest BCUT2D eigenvalue weighted by molar-refractivity contribution is -0.164. The highest BCUT2D eigenvalue weighted by Crippen LogP contribution is 2.46. The number of rotatable bonds is 4. The second kappa shape index (κ2) is 7.50. The highest BCUT2D eigenvalue weighted by Gasteiger charge is 2.55. The number of nitrogens with one attached hydrogen (secondary N) is 1. The summed E-state index contributed by atoms with van der Waals surface area (Å²) in [5.41, 5.74) is 0.536. The quantitative estimate of drug-likeness (QED) is 0.752. The van der Waals surface area contributed by atoms with Gasteiger partial charge < -0.3 is 19.7 Å². The second-order valence-electron chi connectivity index (χ2n) is 7.70. The van der Waals surface area contributed by atoms with Gasteiger partial charge in [0.05, 0.1) is 12.5 Å². The number of hydrogen-bond donors (Lipinski definition) is 1. The monoisotopic (exact) mass is 428 g/mol. The third-order valence-corrected chi connectivity index (χ3v) is 7.02. The lowest BCUT2D eigenvalue weighted by Crippen LogP contribution is -2.66. The molecule has 2 amide bonds. The van der Waals surface area contributed by atoms with Crippen LogP contribution in [0.4, 0.5) is 10.1 Å². The van der Waals surface area contributed by atoms with Crippen molar-refractivity contribution in [3.8, 4) is 11.5 Å². The molecule has 1 N–H and O–H groups in total.